The Hall–Kier alpha value is -2.44. The van der Waals surface area contributed by atoms with Crippen molar-refractivity contribution < 1.29 is 35.5 Å². The molecule has 2 aliphatic rings. The Bertz CT molecular complexity index is 1280. The number of nitrogens with one attached hydrogen (secondary N) is 1. The zero-order valence-electron chi connectivity index (χ0n) is 19.9. The third-order valence-corrected chi connectivity index (χ3v) is 7.11. The van der Waals surface area contributed by atoms with E-state index in [4.69, 9.17) is 16.3 Å². The van der Waals surface area contributed by atoms with Gasteiger partial charge in [0.1, 0.15) is 17.3 Å². The van der Waals surface area contributed by atoms with Gasteiger partial charge in [-0.2, -0.15) is 13.2 Å². The van der Waals surface area contributed by atoms with Crippen LogP contribution in [0, 0.1) is 11.7 Å². The highest BCUT2D eigenvalue weighted by Gasteiger charge is 2.34. The van der Waals surface area contributed by atoms with Crippen LogP contribution in [0.4, 0.5) is 17.6 Å². The van der Waals surface area contributed by atoms with Gasteiger partial charge < -0.3 is 4.74 Å². The topological polar surface area (TPSA) is 88.6 Å². The second-order valence-corrected chi connectivity index (χ2v) is 11.7. The number of sulfonamides is 1. The van der Waals surface area contributed by atoms with Crippen molar-refractivity contribution in [1.29, 1.82) is 0 Å². The lowest BCUT2D eigenvalue weighted by atomic mass is 9.97. The van der Waals surface area contributed by atoms with Gasteiger partial charge in [-0.25, -0.2) is 22.5 Å². The largest absolute Gasteiger partial charge is 0.493 e. The summed E-state index contributed by atoms with van der Waals surface area (Å²) in [4.78, 5) is 17.9. The maximum atomic E-state index is 14.7. The molecule has 1 aromatic carbocycles. The van der Waals surface area contributed by atoms with Gasteiger partial charge in [-0.1, -0.05) is 11.6 Å². The quantitative estimate of drug-likeness (QED) is 0.466. The van der Waals surface area contributed by atoms with Crippen molar-refractivity contribution >= 4 is 27.5 Å². The van der Waals surface area contributed by atoms with Crippen molar-refractivity contribution in [1.82, 2.24) is 14.6 Å². The average Bonchev–Trinajstić information content (AvgIpc) is 3.62. The molecule has 1 amide bonds. The van der Waals surface area contributed by atoms with Crippen LogP contribution in [-0.4, -0.2) is 50.2 Å². The van der Waals surface area contributed by atoms with Crippen LogP contribution in [0.2, 0.25) is 5.02 Å². The molecule has 4 rings (SSSR count). The van der Waals surface area contributed by atoms with E-state index in [9.17, 15) is 30.8 Å². The predicted molar refractivity (Wildman–Crippen MR) is 128 cm³/mol. The molecule has 2 heterocycles. The highest BCUT2D eigenvalue weighted by atomic mass is 35.5. The molecule has 1 aliphatic heterocycles. The van der Waals surface area contributed by atoms with Crippen molar-refractivity contribution in [2.75, 3.05) is 26.0 Å². The molecule has 1 saturated heterocycles. The van der Waals surface area contributed by atoms with Crippen LogP contribution in [0.5, 0.6) is 5.75 Å². The molecular weight excluding hydrogens is 538 g/mol. The summed E-state index contributed by atoms with van der Waals surface area (Å²) in [5, 5.41) is -0.0147. The first kappa shape index (κ1) is 27.6. The second kappa shape index (κ2) is 10.7. The molecule has 1 aromatic heterocycles. The average molecular weight is 564 g/mol. The van der Waals surface area contributed by atoms with E-state index < -0.39 is 33.6 Å². The van der Waals surface area contributed by atoms with Gasteiger partial charge in [-0.15, -0.1) is 0 Å². The van der Waals surface area contributed by atoms with Gasteiger partial charge in [0.2, 0.25) is 10.0 Å². The fraction of sp³-hybridized carbons (Fsp3) is 0.500. The lowest BCUT2D eigenvalue weighted by Gasteiger charge is -2.32. The highest BCUT2D eigenvalue weighted by molar-refractivity contribution is 7.89. The minimum atomic E-state index is -4.57. The molecule has 37 heavy (non-hydrogen) atoms. The number of nitrogens with zero attached hydrogens (tertiary/aromatic N) is 2. The Labute approximate surface area is 217 Å². The van der Waals surface area contributed by atoms with Gasteiger partial charge in [0.25, 0.3) is 5.91 Å². The van der Waals surface area contributed by atoms with E-state index in [1.807, 2.05) is 4.90 Å². The van der Waals surface area contributed by atoms with Crippen molar-refractivity contribution in [2.24, 2.45) is 5.92 Å². The number of rotatable bonds is 8. The Kier molecular flexibility index (Phi) is 8.01. The number of alkyl halides is 3. The van der Waals surface area contributed by atoms with Crippen molar-refractivity contribution in [3.63, 3.8) is 0 Å². The first-order valence-corrected chi connectivity index (χ1v) is 14.0. The van der Waals surface area contributed by atoms with Crippen molar-refractivity contribution in [2.45, 2.75) is 44.3 Å². The Balaban J connectivity index is 1.35. The number of hydrogen-bond acceptors (Lipinski definition) is 6. The molecule has 13 heteroatoms. The number of likely N-dealkylation sites (tertiary alicyclic amines) is 1. The first-order valence-electron chi connectivity index (χ1n) is 11.7. The van der Waals surface area contributed by atoms with Crippen LogP contribution >= 0.6 is 11.6 Å². The van der Waals surface area contributed by atoms with E-state index in [0.717, 1.165) is 44.1 Å². The number of benzene rings is 1. The highest BCUT2D eigenvalue weighted by Crippen LogP contribution is 2.45. The fourth-order valence-electron chi connectivity index (χ4n) is 4.33. The summed E-state index contributed by atoms with van der Waals surface area (Å²) < 4.78 is 84.2. The molecule has 1 aliphatic carbocycles. The summed E-state index contributed by atoms with van der Waals surface area (Å²) in [5.74, 6) is -1.30. The van der Waals surface area contributed by atoms with E-state index in [0.29, 0.717) is 31.0 Å². The summed E-state index contributed by atoms with van der Waals surface area (Å²) in [6, 6.07) is 4.72. The fourth-order valence-corrected chi connectivity index (χ4v) is 5.01. The van der Waals surface area contributed by atoms with E-state index in [-0.39, 0.29) is 34.7 Å². The van der Waals surface area contributed by atoms with Crippen LogP contribution < -0.4 is 9.46 Å². The molecule has 2 aromatic rings. The Morgan fingerprint density at radius 1 is 1.16 bits per heavy atom. The summed E-state index contributed by atoms with van der Waals surface area (Å²) in [7, 11) is -3.84. The van der Waals surface area contributed by atoms with Crippen LogP contribution in [-0.2, 0) is 22.7 Å². The standard InChI is InChI=1S/C24H26ClF4N3O4S/c1-37(34,35)31-23(33)19-10-18(15-2-3-15)21(11-20(19)26)36-13-14-4-6-32(7-5-14)12-17-8-16(25)9-22(30-17)24(27,28)29/h8-11,14-15H,2-7,12-13H2,1H3,(H,31,33). The smallest absolute Gasteiger partial charge is 0.433 e. The molecule has 0 atom stereocenters. The number of ether oxygens (including phenoxy) is 1. The van der Waals surface area contributed by atoms with Gasteiger partial charge in [0, 0.05) is 17.6 Å². The number of hydrogen-bond donors (Lipinski definition) is 1. The third-order valence-electron chi connectivity index (χ3n) is 6.34. The van der Waals surface area contributed by atoms with E-state index in [1.165, 1.54) is 12.1 Å². The summed E-state index contributed by atoms with van der Waals surface area (Å²) in [6.07, 6.45) is -0.578. The van der Waals surface area contributed by atoms with Gasteiger partial charge in [0.15, 0.2) is 0 Å². The number of carbonyl (C=O) groups excluding carboxylic acids is 1. The summed E-state index contributed by atoms with van der Waals surface area (Å²) in [6.45, 7) is 1.80. The molecular formula is C24H26ClF4N3O4S. The molecule has 1 saturated carbocycles. The van der Waals surface area contributed by atoms with Gasteiger partial charge >= 0.3 is 6.18 Å². The number of amides is 1. The van der Waals surface area contributed by atoms with Crippen LogP contribution in [0.1, 0.15) is 58.9 Å². The maximum absolute atomic E-state index is 14.7. The number of carbonyl (C=O) groups is 1. The summed E-state index contributed by atoms with van der Waals surface area (Å²) >= 11 is 5.85. The lowest BCUT2D eigenvalue weighted by Crippen LogP contribution is -2.35. The van der Waals surface area contributed by atoms with Gasteiger partial charge in [0.05, 0.1) is 24.1 Å². The lowest BCUT2D eigenvalue weighted by molar-refractivity contribution is -0.141. The molecule has 0 spiro atoms. The Morgan fingerprint density at radius 3 is 2.43 bits per heavy atom. The predicted octanol–water partition coefficient (Wildman–Crippen LogP) is 4.75. The minimum absolute atomic E-state index is 0.0147. The number of pyridine rings is 1. The van der Waals surface area contributed by atoms with Crippen LogP contribution in [0.3, 0.4) is 0 Å². The molecule has 0 bridgehead atoms. The molecule has 0 radical (unpaired) electrons. The monoisotopic (exact) mass is 563 g/mol. The summed E-state index contributed by atoms with van der Waals surface area (Å²) in [5.41, 5.74) is -0.447. The van der Waals surface area contributed by atoms with Gasteiger partial charge in [-0.3, -0.25) is 9.69 Å². The second-order valence-electron chi connectivity index (χ2n) is 9.54. The molecule has 0 unspecified atom stereocenters. The van der Waals surface area contributed by atoms with Gasteiger partial charge in [-0.05, 0) is 74.4 Å². The molecule has 7 nitrogen and oxygen atoms in total. The van der Waals surface area contributed by atoms with E-state index >= 15 is 0 Å². The third kappa shape index (κ3) is 7.55. The van der Waals surface area contributed by atoms with Crippen LogP contribution in [0.15, 0.2) is 24.3 Å². The SMILES string of the molecule is CS(=O)(=O)NC(=O)c1cc(C2CC2)c(OCC2CCN(Cc3cc(Cl)cc(C(F)(F)F)n3)CC2)cc1F. The minimum Gasteiger partial charge on any atom is -0.493 e. The van der Waals surface area contributed by atoms with Crippen LogP contribution in [0.25, 0.3) is 0 Å². The number of aromatic nitrogens is 1. The number of piperidine rings is 1. The zero-order valence-corrected chi connectivity index (χ0v) is 21.5. The maximum Gasteiger partial charge on any atom is 0.433 e. The van der Waals surface area contributed by atoms with E-state index in [2.05, 4.69) is 4.98 Å². The van der Waals surface area contributed by atoms with E-state index in [1.54, 1.807) is 4.72 Å². The molecule has 2 fully saturated rings. The molecule has 1 N–H and O–H groups in total. The van der Waals surface area contributed by atoms with Crippen molar-refractivity contribution in [3.8, 4) is 5.75 Å². The Morgan fingerprint density at radius 2 is 1.84 bits per heavy atom. The van der Waals surface area contributed by atoms with Crippen molar-refractivity contribution in [3.05, 3.63) is 57.6 Å². The molecule has 202 valence electrons. The normalized spacial score (nSPS) is 17.6. The first-order chi connectivity index (χ1) is 17.3. The zero-order chi connectivity index (χ0) is 27.0. The number of halogens is 5.